The van der Waals surface area contributed by atoms with E-state index in [1.807, 2.05) is 24.3 Å². The molecule has 0 saturated heterocycles. The van der Waals surface area contributed by atoms with E-state index in [1.165, 1.54) is 11.3 Å². The molecule has 3 aromatic rings. The number of H-pyrrole nitrogens is 1. The number of hydrogen-bond donors (Lipinski definition) is 5. The Balaban J connectivity index is 1.50. The number of carbonyl (C=O) groups excluding carboxylic acids is 3. The third-order valence-electron chi connectivity index (χ3n) is 5.51. The molecule has 2 aromatic heterocycles. The van der Waals surface area contributed by atoms with E-state index < -0.39 is 36.5 Å². The average Bonchev–Trinajstić information content (AvgIpc) is 3.32. The van der Waals surface area contributed by atoms with Crippen LogP contribution >= 0.6 is 22.9 Å². The van der Waals surface area contributed by atoms with Crippen molar-refractivity contribution in [3.8, 4) is 0 Å². The summed E-state index contributed by atoms with van der Waals surface area (Å²) >= 11 is 7.31. The van der Waals surface area contributed by atoms with Crippen LogP contribution in [0.5, 0.6) is 0 Å². The molecule has 10 heteroatoms. The first-order valence-corrected chi connectivity index (χ1v) is 11.3. The minimum Gasteiger partial charge on any atom is -0.394 e. The fraction of sp³-hybridized carbons (Fsp3) is 0.318. The molecule has 1 aliphatic rings. The molecule has 1 aliphatic carbocycles. The number of rotatable bonds is 7. The second-order valence-electron chi connectivity index (χ2n) is 7.75. The summed E-state index contributed by atoms with van der Waals surface area (Å²) in [4.78, 5) is 42.2. The van der Waals surface area contributed by atoms with Crippen LogP contribution in [0.15, 0.2) is 36.4 Å². The zero-order chi connectivity index (χ0) is 22.8. The van der Waals surface area contributed by atoms with Crippen molar-refractivity contribution < 1.29 is 24.6 Å². The van der Waals surface area contributed by atoms with Gasteiger partial charge in [0.2, 0.25) is 5.91 Å². The van der Waals surface area contributed by atoms with Crippen LogP contribution in [0.4, 0.5) is 0 Å². The number of carbonyl (C=O) groups is 3. The number of thiophene rings is 1. The fourth-order valence-electron chi connectivity index (χ4n) is 3.91. The summed E-state index contributed by atoms with van der Waals surface area (Å²) < 4.78 is 0.616. The molecule has 8 nitrogen and oxygen atoms in total. The third-order valence-corrected chi connectivity index (χ3v) is 6.70. The second-order valence-corrected chi connectivity index (χ2v) is 9.43. The van der Waals surface area contributed by atoms with Gasteiger partial charge < -0.3 is 25.8 Å². The predicted octanol–water partition coefficient (Wildman–Crippen LogP) is 1.75. The Labute approximate surface area is 192 Å². The van der Waals surface area contributed by atoms with Crippen molar-refractivity contribution in [3.63, 3.8) is 0 Å². The van der Waals surface area contributed by atoms with E-state index >= 15 is 0 Å². The van der Waals surface area contributed by atoms with Crippen LogP contribution in [0, 0.1) is 0 Å². The van der Waals surface area contributed by atoms with Crippen molar-refractivity contribution in [2.24, 2.45) is 0 Å². The minimum absolute atomic E-state index is 0.105. The highest BCUT2D eigenvalue weighted by molar-refractivity contribution is 7.22. The molecule has 3 atom stereocenters. The fourth-order valence-corrected chi connectivity index (χ4v) is 5.04. The first kappa shape index (κ1) is 22.5. The molecule has 32 heavy (non-hydrogen) atoms. The number of fused-ring (bicyclic) bond motifs is 2. The molecule has 5 N–H and O–H groups in total. The van der Waals surface area contributed by atoms with Crippen LogP contribution in [0.3, 0.4) is 0 Å². The van der Waals surface area contributed by atoms with Crippen LogP contribution < -0.4 is 10.6 Å². The molecular formula is C22H22ClN3O5S. The minimum atomic E-state index is -1.06. The van der Waals surface area contributed by atoms with Gasteiger partial charge in [0.25, 0.3) is 5.91 Å². The largest absolute Gasteiger partial charge is 0.394 e. The summed E-state index contributed by atoms with van der Waals surface area (Å²) in [6.07, 6.45) is -0.842. The number of benzene rings is 1. The summed E-state index contributed by atoms with van der Waals surface area (Å²) in [6, 6.07) is 10.0. The van der Waals surface area contributed by atoms with Crippen molar-refractivity contribution in [2.75, 3.05) is 13.2 Å². The number of amides is 2. The highest BCUT2D eigenvalue weighted by Gasteiger charge is 2.37. The van der Waals surface area contributed by atoms with Crippen molar-refractivity contribution in [2.45, 2.75) is 30.9 Å². The molecular weight excluding hydrogens is 454 g/mol. The molecule has 3 unspecified atom stereocenters. The van der Waals surface area contributed by atoms with Gasteiger partial charge in [0.05, 0.1) is 29.0 Å². The van der Waals surface area contributed by atoms with E-state index in [0.717, 1.165) is 21.3 Å². The number of ketones is 1. The van der Waals surface area contributed by atoms with Crippen LogP contribution in [-0.2, 0) is 16.0 Å². The van der Waals surface area contributed by atoms with E-state index in [4.69, 9.17) is 16.7 Å². The Kier molecular flexibility index (Phi) is 6.61. The molecule has 0 saturated carbocycles. The highest BCUT2D eigenvalue weighted by Crippen LogP contribution is 2.32. The van der Waals surface area contributed by atoms with E-state index in [-0.39, 0.29) is 18.7 Å². The lowest BCUT2D eigenvalue weighted by Gasteiger charge is -2.30. The van der Waals surface area contributed by atoms with E-state index in [9.17, 15) is 19.5 Å². The van der Waals surface area contributed by atoms with Crippen LogP contribution in [-0.4, -0.2) is 58.1 Å². The van der Waals surface area contributed by atoms with Crippen LogP contribution in [0.25, 0.3) is 10.2 Å². The van der Waals surface area contributed by atoms with Gasteiger partial charge in [-0.2, -0.15) is 0 Å². The molecule has 168 valence electrons. The maximum atomic E-state index is 13.2. The molecule has 0 spiro atoms. The zero-order valence-electron chi connectivity index (χ0n) is 16.9. The standard InChI is InChI=1S/C22H22ClN3O5S/c23-18-7-12-6-17(26-22(12)32-18)21(31)25-16-5-11-3-1-2-4-14(11)15(20(16)30)8-19(29)24-9-13(28)10-27/h1-4,6-7,13,15-16,26-28H,5,8-10H2,(H,24,29)(H,25,31). The van der Waals surface area contributed by atoms with Gasteiger partial charge in [-0.05, 0) is 23.3 Å². The van der Waals surface area contributed by atoms with Crippen molar-refractivity contribution in [1.82, 2.24) is 15.6 Å². The van der Waals surface area contributed by atoms with Gasteiger partial charge in [-0.25, -0.2) is 0 Å². The second kappa shape index (κ2) is 9.41. The van der Waals surface area contributed by atoms with E-state index in [2.05, 4.69) is 15.6 Å². The monoisotopic (exact) mass is 475 g/mol. The predicted molar refractivity (Wildman–Crippen MR) is 121 cm³/mol. The lowest BCUT2D eigenvalue weighted by atomic mass is 9.77. The number of aliphatic hydroxyl groups is 2. The molecule has 0 radical (unpaired) electrons. The highest BCUT2D eigenvalue weighted by atomic mass is 35.5. The van der Waals surface area contributed by atoms with Gasteiger partial charge in [-0.3, -0.25) is 14.4 Å². The van der Waals surface area contributed by atoms with Crippen LogP contribution in [0.1, 0.15) is 34.0 Å². The number of aliphatic hydroxyl groups excluding tert-OH is 2. The maximum absolute atomic E-state index is 13.2. The normalized spacial score (nSPS) is 18.9. The van der Waals surface area contributed by atoms with Crippen LogP contribution in [0.2, 0.25) is 4.34 Å². The van der Waals surface area contributed by atoms with Crippen molar-refractivity contribution in [1.29, 1.82) is 0 Å². The Bertz CT molecular complexity index is 1140. The first-order valence-electron chi connectivity index (χ1n) is 10.1. The molecule has 2 heterocycles. The van der Waals surface area contributed by atoms with Gasteiger partial charge in [0.1, 0.15) is 10.5 Å². The zero-order valence-corrected chi connectivity index (χ0v) is 18.5. The summed E-state index contributed by atoms with van der Waals surface area (Å²) in [5.74, 6) is -1.79. The topological polar surface area (TPSA) is 132 Å². The number of hydrogen-bond acceptors (Lipinski definition) is 6. The van der Waals surface area contributed by atoms with Gasteiger partial charge in [0.15, 0.2) is 5.78 Å². The first-order chi connectivity index (χ1) is 15.4. The number of aromatic nitrogens is 1. The summed E-state index contributed by atoms with van der Waals surface area (Å²) in [5, 5.41) is 24.5. The molecule has 0 fully saturated rings. The summed E-state index contributed by atoms with van der Waals surface area (Å²) in [6.45, 7) is -0.575. The third kappa shape index (κ3) is 4.71. The summed E-state index contributed by atoms with van der Waals surface area (Å²) in [5.41, 5.74) is 1.99. The quantitative estimate of drug-likeness (QED) is 0.355. The van der Waals surface area contributed by atoms with Gasteiger partial charge in [-0.1, -0.05) is 35.9 Å². The Hall–Kier alpha value is -2.72. The number of Topliss-reactive ketones (excluding diaryl/α,β-unsaturated/α-hetero) is 1. The number of halogens is 1. The lowest BCUT2D eigenvalue weighted by molar-refractivity contribution is -0.128. The van der Waals surface area contributed by atoms with E-state index in [1.54, 1.807) is 12.1 Å². The lowest BCUT2D eigenvalue weighted by Crippen LogP contribution is -2.48. The smallest absolute Gasteiger partial charge is 0.268 e. The summed E-state index contributed by atoms with van der Waals surface area (Å²) in [7, 11) is 0. The Morgan fingerprint density at radius 3 is 2.81 bits per heavy atom. The van der Waals surface area contributed by atoms with E-state index in [0.29, 0.717) is 16.5 Å². The maximum Gasteiger partial charge on any atom is 0.268 e. The van der Waals surface area contributed by atoms with Crippen molar-refractivity contribution >= 4 is 50.8 Å². The average molecular weight is 476 g/mol. The number of aromatic amines is 1. The van der Waals surface area contributed by atoms with Gasteiger partial charge in [0, 0.05) is 24.8 Å². The van der Waals surface area contributed by atoms with Gasteiger partial charge in [-0.15, -0.1) is 11.3 Å². The SMILES string of the molecule is O=C(CC1C(=O)C(NC(=O)c2cc3cc(Cl)sc3[nH]2)Cc2ccccc21)NCC(O)CO. The molecule has 1 aromatic carbocycles. The van der Waals surface area contributed by atoms with Gasteiger partial charge >= 0.3 is 0 Å². The molecule has 4 rings (SSSR count). The number of nitrogens with one attached hydrogen (secondary N) is 3. The molecule has 0 aliphatic heterocycles. The molecule has 0 bridgehead atoms. The molecule has 2 amide bonds. The Morgan fingerprint density at radius 1 is 1.28 bits per heavy atom. The Morgan fingerprint density at radius 2 is 2.06 bits per heavy atom. The van der Waals surface area contributed by atoms with Crippen molar-refractivity contribution in [3.05, 3.63) is 57.6 Å².